The molecular formula is C24H22ClMgP. The van der Waals surface area contributed by atoms with Crippen LogP contribution in [-0.2, 0) is 0 Å². The van der Waals surface area contributed by atoms with Crippen LogP contribution in [0, 0.1) is 0 Å². The minimum atomic E-state index is -1.91. The van der Waals surface area contributed by atoms with Crippen LogP contribution >= 0.6 is 7.26 Å². The Kier molecular flexibility index (Phi) is 8.07. The average molecular weight is 401 g/mol. The van der Waals surface area contributed by atoms with Crippen LogP contribution in [0.25, 0.3) is 0 Å². The van der Waals surface area contributed by atoms with Crippen LogP contribution in [0.4, 0.5) is 0 Å². The van der Waals surface area contributed by atoms with Crippen molar-refractivity contribution in [3.8, 4) is 0 Å². The second-order valence-electron chi connectivity index (χ2n) is 6.01. The molecule has 0 aromatic heterocycles. The molecule has 0 aliphatic rings. The largest absolute Gasteiger partial charge is 2.00 e. The second kappa shape index (κ2) is 10.1. The smallest absolute Gasteiger partial charge is 1.00 e. The molecule has 0 N–H and O–H groups in total. The minimum absolute atomic E-state index is 0. The fraction of sp³-hybridized carbons (Fsp3) is 0. The maximum absolute atomic E-state index is 2.28. The molecule has 4 rings (SSSR count). The quantitative estimate of drug-likeness (QED) is 0.356. The van der Waals surface area contributed by atoms with Gasteiger partial charge in [-0.2, -0.15) is 0 Å². The first kappa shape index (κ1) is 21.7. The Bertz CT molecular complexity index is 776. The van der Waals surface area contributed by atoms with Gasteiger partial charge in [0.05, 0.1) is 0 Å². The van der Waals surface area contributed by atoms with E-state index in [1.807, 2.05) is 0 Å². The molecule has 0 nitrogen and oxygen atoms in total. The number of hydrogen-bond acceptors (Lipinski definition) is 0. The number of benzene rings is 4. The topological polar surface area (TPSA) is 0 Å². The number of halogens is 1. The minimum Gasteiger partial charge on any atom is -1.00 e. The van der Waals surface area contributed by atoms with Crippen LogP contribution in [0.3, 0.4) is 0 Å². The molecule has 0 saturated heterocycles. The van der Waals surface area contributed by atoms with E-state index in [-0.39, 0.29) is 38.3 Å². The number of rotatable bonds is 4. The monoisotopic (exact) mass is 400 g/mol. The van der Waals surface area contributed by atoms with Gasteiger partial charge in [0, 0.05) is 0 Å². The molecule has 0 spiro atoms. The van der Waals surface area contributed by atoms with E-state index >= 15 is 0 Å². The van der Waals surface area contributed by atoms with Gasteiger partial charge < -0.3 is 15.3 Å². The zero-order valence-corrected chi connectivity index (χ0v) is 18.1. The van der Waals surface area contributed by atoms with Crippen LogP contribution in [0.2, 0.25) is 0 Å². The Morgan fingerprint density at radius 3 is 0.741 bits per heavy atom. The molecule has 0 saturated carbocycles. The first-order valence-corrected chi connectivity index (χ1v) is 10.3. The summed E-state index contributed by atoms with van der Waals surface area (Å²) >= 11 is 0. The van der Waals surface area contributed by atoms with Gasteiger partial charge in [0.25, 0.3) is 0 Å². The molecule has 0 radical (unpaired) electrons. The SMILES string of the molecule is [Cl-].[H-].[H-].[Mg+2].c1ccc([P+](c2ccccc2)(c2ccccc2)c2ccccc2)cc1. The van der Waals surface area contributed by atoms with E-state index < -0.39 is 7.26 Å². The van der Waals surface area contributed by atoms with Crippen molar-refractivity contribution in [2.75, 3.05) is 0 Å². The van der Waals surface area contributed by atoms with E-state index in [0.717, 1.165) is 0 Å². The van der Waals surface area contributed by atoms with Crippen molar-refractivity contribution in [2.24, 2.45) is 0 Å². The summed E-state index contributed by atoms with van der Waals surface area (Å²) in [4.78, 5) is 0. The first-order chi connectivity index (χ1) is 12.4. The third-order valence-electron chi connectivity index (χ3n) is 4.57. The summed E-state index contributed by atoms with van der Waals surface area (Å²) in [5.74, 6) is 0. The van der Waals surface area contributed by atoms with Crippen LogP contribution in [0.15, 0.2) is 121 Å². The van der Waals surface area contributed by atoms with Crippen LogP contribution < -0.4 is 33.6 Å². The third-order valence-corrected chi connectivity index (χ3v) is 8.86. The molecule has 0 fully saturated rings. The molecule has 0 atom stereocenters. The first-order valence-electron chi connectivity index (χ1n) is 8.54. The maximum Gasteiger partial charge on any atom is 2.00 e. The molecule has 0 amide bonds. The fourth-order valence-corrected chi connectivity index (χ4v) is 7.77. The molecule has 0 unspecified atom stereocenters. The summed E-state index contributed by atoms with van der Waals surface area (Å²) in [6.07, 6.45) is 0. The third kappa shape index (κ3) is 4.12. The van der Waals surface area contributed by atoms with Gasteiger partial charge in [-0.3, -0.25) is 0 Å². The summed E-state index contributed by atoms with van der Waals surface area (Å²) in [7, 11) is -1.91. The van der Waals surface area contributed by atoms with Crippen molar-refractivity contribution < 1.29 is 15.3 Å². The summed E-state index contributed by atoms with van der Waals surface area (Å²) < 4.78 is 0. The van der Waals surface area contributed by atoms with Crippen LogP contribution in [0.1, 0.15) is 2.85 Å². The van der Waals surface area contributed by atoms with Gasteiger partial charge in [0.2, 0.25) is 0 Å². The molecule has 4 aromatic carbocycles. The predicted octanol–water partition coefficient (Wildman–Crippen LogP) is 1.15. The number of hydrogen-bond donors (Lipinski definition) is 0. The Morgan fingerprint density at radius 2 is 0.556 bits per heavy atom. The van der Waals surface area contributed by atoms with Crippen LogP contribution in [0.5, 0.6) is 0 Å². The van der Waals surface area contributed by atoms with E-state index in [1.54, 1.807) is 0 Å². The average Bonchev–Trinajstić information content (AvgIpc) is 2.72. The summed E-state index contributed by atoms with van der Waals surface area (Å²) in [5, 5.41) is 5.55. The maximum atomic E-state index is 2.28. The molecule has 4 aromatic rings. The Morgan fingerprint density at radius 1 is 0.370 bits per heavy atom. The van der Waals surface area contributed by atoms with Gasteiger partial charge in [0.15, 0.2) is 0 Å². The summed E-state index contributed by atoms with van der Waals surface area (Å²) in [5.41, 5.74) is 0. The van der Waals surface area contributed by atoms with Crippen molar-refractivity contribution in [3.63, 3.8) is 0 Å². The fourth-order valence-electron chi connectivity index (χ4n) is 3.50. The Balaban J connectivity index is 0.00000196. The van der Waals surface area contributed by atoms with Crippen molar-refractivity contribution in [3.05, 3.63) is 121 Å². The molecule has 27 heavy (non-hydrogen) atoms. The molecule has 132 valence electrons. The normalized spacial score (nSPS) is 10.4. The van der Waals surface area contributed by atoms with Crippen LogP contribution in [-0.4, -0.2) is 23.1 Å². The van der Waals surface area contributed by atoms with E-state index in [2.05, 4.69) is 121 Å². The molecule has 3 heteroatoms. The molecule has 0 bridgehead atoms. The van der Waals surface area contributed by atoms with Crippen molar-refractivity contribution in [1.82, 2.24) is 0 Å². The van der Waals surface area contributed by atoms with E-state index in [1.165, 1.54) is 21.2 Å². The Hall–Kier alpha value is -1.63. The van der Waals surface area contributed by atoms with E-state index in [4.69, 9.17) is 0 Å². The van der Waals surface area contributed by atoms with Crippen molar-refractivity contribution in [2.45, 2.75) is 0 Å². The zero-order valence-electron chi connectivity index (χ0n) is 17.1. The van der Waals surface area contributed by atoms with Crippen molar-refractivity contribution >= 4 is 51.5 Å². The van der Waals surface area contributed by atoms with E-state index in [0.29, 0.717) is 0 Å². The summed E-state index contributed by atoms with van der Waals surface area (Å²) in [6.45, 7) is 0. The van der Waals surface area contributed by atoms with Crippen molar-refractivity contribution in [1.29, 1.82) is 0 Å². The molecule has 0 aliphatic heterocycles. The Labute approximate surface area is 187 Å². The predicted molar refractivity (Wildman–Crippen MR) is 119 cm³/mol. The van der Waals surface area contributed by atoms with Gasteiger partial charge in [-0.1, -0.05) is 72.8 Å². The van der Waals surface area contributed by atoms with E-state index in [9.17, 15) is 0 Å². The second-order valence-corrected chi connectivity index (χ2v) is 9.42. The molecule has 0 heterocycles. The standard InChI is InChI=1S/C24H20P.ClH.Mg.2H/c1-5-13-21(14-6-1)25(22-15-7-2-8-16-22,23-17-9-3-10-18-23)24-19-11-4-12-20-24;;;;/h1-20H;1H;;;/q+1;;+2;2*-1/p-1. The zero-order chi connectivity index (χ0) is 17.0. The van der Waals surface area contributed by atoms with Gasteiger partial charge in [-0.25, -0.2) is 0 Å². The van der Waals surface area contributed by atoms with Gasteiger partial charge in [0.1, 0.15) is 28.5 Å². The van der Waals surface area contributed by atoms with Gasteiger partial charge in [-0.05, 0) is 48.5 Å². The van der Waals surface area contributed by atoms with Gasteiger partial charge >= 0.3 is 23.1 Å². The molecule has 0 aliphatic carbocycles. The summed E-state index contributed by atoms with van der Waals surface area (Å²) in [6, 6.07) is 43.8. The molecular weight excluding hydrogens is 379 g/mol. The van der Waals surface area contributed by atoms with Gasteiger partial charge in [-0.15, -0.1) is 0 Å².